The van der Waals surface area contributed by atoms with Crippen molar-refractivity contribution < 1.29 is 0 Å². The van der Waals surface area contributed by atoms with E-state index >= 15 is 0 Å². The zero-order valence-electron chi connectivity index (χ0n) is 10.4. The molecule has 0 bridgehead atoms. The van der Waals surface area contributed by atoms with E-state index in [1.807, 2.05) is 0 Å². The standard InChI is InChI=1S/C15H22ClN/c16-12-15(13-8-4-3-5-9-13)17-14-10-6-1-2-7-11-14/h3-5,8-9,14-15,17H,1-2,6-7,10-12H2. The molecule has 1 saturated carbocycles. The van der Waals surface area contributed by atoms with Gasteiger partial charge >= 0.3 is 0 Å². The molecule has 0 amide bonds. The van der Waals surface area contributed by atoms with Gasteiger partial charge in [-0.2, -0.15) is 0 Å². The SMILES string of the molecule is ClCC(NC1CCCCCC1)c1ccccc1. The minimum Gasteiger partial charge on any atom is -0.306 e. The minimum absolute atomic E-state index is 0.306. The average molecular weight is 252 g/mol. The first-order chi connectivity index (χ1) is 8.40. The topological polar surface area (TPSA) is 12.0 Å². The Morgan fingerprint density at radius 1 is 1.06 bits per heavy atom. The van der Waals surface area contributed by atoms with Gasteiger partial charge in [-0.1, -0.05) is 56.0 Å². The van der Waals surface area contributed by atoms with E-state index in [0.717, 1.165) is 0 Å². The third kappa shape index (κ3) is 4.01. The van der Waals surface area contributed by atoms with Gasteiger partial charge in [-0.3, -0.25) is 0 Å². The fourth-order valence-corrected chi connectivity index (χ4v) is 2.91. The number of alkyl halides is 1. The quantitative estimate of drug-likeness (QED) is 0.622. The second-order valence-electron chi connectivity index (χ2n) is 4.97. The molecule has 1 nitrogen and oxygen atoms in total. The maximum Gasteiger partial charge on any atom is 0.0459 e. The first kappa shape index (κ1) is 12.9. The normalized spacial score (nSPS) is 19.8. The molecule has 1 N–H and O–H groups in total. The molecule has 2 rings (SSSR count). The van der Waals surface area contributed by atoms with Gasteiger partial charge in [-0.25, -0.2) is 0 Å². The van der Waals surface area contributed by atoms with Crippen molar-refractivity contribution in [1.82, 2.24) is 5.32 Å². The molecule has 17 heavy (non-hydrogen) atoms. The summed E-state index contributed by atoms with van der Waals surface area (Å²) in [5.41, 5.74) is 1.31. The van der Waals surface area contributed by atoms with Crippen LogP contribution in [-0.4, -0.2) is 11.9 Å². The van der Waals surface area contributed by atoms with Crippen molar-refractivity contribution in [1.29, 1.82) is 0 Å². The lowest BCUT2D eigenvalue weighted by molar-refractivity contribution is 0.416. The van der Waals surface area contributed by atoms with Crippen molar-refractivity contribution >= 4 is 11.6 Å². The Kier molecular flexibility index (Phi) is 5.34. The Morgan fingerprint density at radius 2 is 1.71 bits per heavy atom. The highest BCUT2D eigenvalue weighted by atomic mass is 35.5. The molecular weight excluding hydrogens is 230 g/mol. The number of halogens is 1. The lowest BCUT2D eigenvalue weighted by Crippen LogP contribution is -2.33. The van der Waals surface area contributed by atoms with Gasteiger partial charge in [-0.05, 0) is 18.4 Å². The molecule has 0 radical (unpaired) electrons. The van der Waals surface area contributed by atoms with Gasteiger partial charge in [-0.15, -0.1) is 11.6 Å². The Balaban J connectivity index is 1.94. The largest absolute Gasteiger partial charge is 0.306 e. The molecule has 0 spiro atoms. The molecule has 1 aliphatic carbocycles. The molecule has 1 unspecified atom stereocenters. The van der Waals surface area contributed by atoms with Gasteiger partial charge in [0.1, 0.15) is 0 Å². The van der Waals surface area contributed by atoms with E-state index in [4.69, 9.17) is 11.6 Å². The van der Waals surface area contributed by atoms with Crippen LogP contribution in [0.2, 0.25) is 0 Å². The zero-order valence-corrected chi connectivity index (χ0v) is 11.1. The number of nitrogens with one attached hydrogen (secondary N) is 1. The van der Waals surface area contributed by atoms with Gasteiger partial charge < -0.3 is 5.32 Å². The summed E-state index contributed by atoms with van der Waals surface area (Å²) in [4.78, 5) is 0. The van der Waals surface area contributed by atoms with Crippen LogP contribution < -0.4 is 5.32 Å². The van der Waals surface area contributed by atoms with Crippen molar-refractivity contribution in [2.75, 3.05) is 5.88 Å². The minimum atomic E-state index is 0.306. The summed E-state index contributed by atoms with van der Waals surface area (Å²) in [6.07, 6.45) is 8.13. The van der Waals surface area contributed by atoms with Crippen LogP contribution >= 0.6 is 11.6 Å². The van der Waals surface area contributed by atoms with E-state index in [1.165, 1.54) is 44.1 Å². The third-order valence-corrected chi connectivity index (χ3v) is 3.96. The van der Waals surface area contributed by atoms with Crippen LogP contribution in [0.1, 0.15) is 50.1 Å². The lowest BCUT2D eigenvalue weighted by atomic mass is 10.0. The van der Waals surface area contributed by atoms with Crippen molar-refractivity contribution in [2.45, 2.75) is 50.6 Å². The summed E-state index contributed by atoms with van der Waals surface area (Å²) in [7, 11) is 0. The molecule has 0 aromatic heterocycles. The average Bonchev–Trinajstić information content (AvgIpc) is 2.65. The molecule has 1 aromatic carbocycles. The Bertz CT molecular complexity index is 304. The zero-order chi connectivity index (χ0) is 11.9. The van der Waals surface area contributed by atoms with Crippen LogP contribution in [0, 0.1) is 0 Å². The van der Waals surface area contributed by atoms with Gasteiger partial charge in [0.15, 0.2) is 0 Å². The van der Waals surface area contributed by atoms with Gasteiger partial charge in [0, 0.05) is 18.0 Å². The smallest absolute Gasteiger partial charge is 0.0459 e. The van der Waals surface area contributed by atoms with Crippen LogP contribution in [0.5, 0.6) is 0 Å². The van der Waals surface area contributed by atoms with Crippen molar-refractivity contribution in [3.63, 3.8) is 0 Å². The molecule has 0 saturated heterocycles. The maximum atomic E-state index is 6.10. The van der Waals surface area contributed by atoms with Crippen LogP contribution in [0.3, 0.4) is 0 Å². The molecular formula is C15H22ClN. The number of hydrogen-bond donors (Lipinski definition) is 1. The molecule has 0 aliphatic heterocycles. The molecule has 0 heterocycles. The predicted octanol–water partition coefficient (Wildman–Crippen LogP) is 4.28. The van der Waals surface area contributed by atoms with E-state index in [2.05, 4.69) is 35.6 Å². The Hall–Kier alpha value is -0.530. The van der Waals surface area contributed by atoms with Crippen molar-refractivity contribution in [3.05, 3.63) is 35.9 Å². The van der Waals surface area contributed by atoms with Crippen molar-refractivity contribution in [3.8, 4) is 0 Å². The highest BCUT2D eigenvalue weighted by Gasteiger charge is 2.17. The van der Waals surface area contributed by atoms with E-state index in [9.17, 15) is 0 Å². The molecule has 1 aliphatic rings. The van der Waals surface area contributed by atoms with Gasteiger partial charge in [0.05, 0.1) is 0 Å². The summed E-state index contributed by atoms with van der Waals surface area (Å²) in [5.74, 6) is 0.653. The highest BCUT2D eigenvalue weighted by Crippen LogP contribution is 2.21. The molecule has 1 aromatic rings. The molecule has 1 fully saturated rings. The van der Waals surface area contributed by atoms with E-state index in [1.54, 1.807) is 0 Å². The summed E-state index contributed by atoms with van der Waals surface area (Å²) in [6, 6.07) is 11.5. The second-order valence-corrected chi connectivity index (χ2v) is 5.28. The van der Waals surface area contributed by atoms with E-state index < -0.39 is 0 Å². The molecule has 2 heteroatoms. The second kappa shape index (κ2) is 7.03. The van der Waals surface area contributed by atoms with Crippen molar-refractivity contribution in [2.24, 2.45) is 0 Å². The van der Waals surface area contributed by atoms with Crippen LogP contribution in [0.15, 0.2) is 30.3 Å². The van der Waals surface area contributed by atoms with Gasteiger partial charge in [0.25, 0.3) is 0 Å². The fraction of sp³-hybridized carbons (Fsp3) is 0.600. The number of hydrogen-bond acceptors (Lipinski definition) is 1. The lowest BCUT2D eigenvalue weighted by Gasteiger charge is -2.23. The Labute approximate surface area is 110 Å². The monoisotopic (exact) mass is 251 g/mol. The predicted molar refractivity (Wildman–Crippen MR) is 74.5 cm³/mol. The van der Waals surface area contributed by atoms with Crippen LogP contribution in [-0.2, 0) is 0 Å². The summed E-state index contributed by atoms with van der Waals surface area (Å²) in [5, 5.41) is 3.73. The summed E-state index contributed by atoms with van der Waals surface area (Å²) < 4.78 is 0. The first-order valence-corrected chi connectivity index (χ1v) is 7.30. The maximum absolute atomic E-state index is 6.10. The van der Waals surface area contributed by atoms with E-state index in [0.29, 0.717) is 18.0 Å². The molecule has 94 valence electrons. The van der Waals surface area contributed by atoms with Gasteiger partial charge in [0.2, 0.25) is 0 Å². The molecule has 1 atom stereocenters. The fourth-order valence-electron chi connectivity index (χ4n) is 2.65. The van der Waals surface area contributed by atoms with Crippen LogP contribution in [0.25, 0.3) is 0 Å². The number of rotatable bonds is 4. The van der Waals surface area contributed by atoms with Crippen LogP contribution in [0.4, 0.5) is 0 Å². The van der Waals surface area contributed by atoms with E-state index in [-0.39, 0.29) is 0 Å². The third-order valence-electron chi connectivity index (χ3n) is 3.65. The first-order valence-electron chi connectivity index (χ1n) is 6.77. The highest BCUT2D eigenvalue weighted by molar-refractivity contribution is 6.18. The summed E-state index contributed by atoms with van der Waals surface area (Å²) in [6.45, 7) is 0. The number of benzene rings is 1. The summed E-state index contributed by atoms with van der Waals surface area (Å²) >= 11 is 6.10. The Morgan fingerprint density at radius 3 is 2.29 bits per heavy atom.